The molecule has 0 aromatic rings. The third-order valence-corrected chi connectivity index (χ3v) is 2.68. The standard InChI is InChI=1S/C12H18N2O4/c1-12(2,6-8-15)13-9(16)5-7-14-10(17)3-4-11(14)18/h3-4,15H,5-8H2,1-2H3,(H,13,16). The first-order valence-corrected chi connectivity index (χ1v) is 5.81. The summed E-state index contributed by atoms with van der Waals surface area (Å²) in [5, 5.41) is 11.6. The molecule has 1 heterocycles. The maximum absolute atomic E-state index is 11.6. The van der Waals surface area contributed by atoms with Crippen molar-refractivity contribution in [3.8, 4) is 0 Å². The van der Waals surface area contributed by atoms with Crippen LogP contribution in [0.4, 0.5) is 0 Å². The van der Waals surface area contributed by atoms with Crippen LogP contribution in [0.2, 0.25) is 0 Å². The van der Waals surface area contributed by atoms with Gasteiger partial charge in [0.15, 0.2) is 0 Å². The number of imide groups is 1. The second-order valence-electron chi connectivity index (χ2n) is 4.82. The predicted molar refractivity (Wildman–Crippen MR) is 64.4 cm³/mol. The van der Waals surface area contributed by atoms with Gasteiger partial charge in [-0.15, -0.1) is 0 Å². The first kappa shape index (κ1) is 14.4. The zero-order valence-corrected chi connectivity index (χ0v) is 10.6. The molecule has 0 saturated heterocycles. The van der Waals surface area contributed by atoms with Crippen LogP contribution in [0.5, 0.6) is 0 Å². The van der Waals surface area contributed by atoms with Crippen molar-refractivity contribution in [2.75, 3.05) is 13.2 Å². The summed E-state index contributed by atoms with van der Waals surface area (Å²) in [5.74, 6) is -1.02. The molecule has 1 rings (SSSR count). The van der Waals surface area contributed by atoms with Crippen LogP contribution in [-0.4, -0.2) is 46.4 Å². The number of rotatable bonds is 6. The number of nitrogens with one attached hydrogen (secondary N) is 1. The van der Waals surface area contributed by atoms with E-state index < -0.39 is 5.54 Å². The van der Waals surface area contributed by atoms with E-state index in [1.54, 1.807) is 13.8 Å². The van der Waals surface area contributed by atoms with Gasteiger partial charge < -0.3 is 10.4 Å². The highest BCUT2D eigenvalue weighted by Gasteiger charge is 2.25. The minimum Gasteiger partial charge on any atom is -0.396 e. The van der Waals surface area contributed by atoms with E-state index in [0.717, 1.165) is 4.90 Å². The van der Waals surface area contributed by atoms with Gasteiger partial charge in [0.2, 0.25) is 5.91 Å². The van der Waals surface area contributed by atoms with Crippen LogP contribution < -0.4 is 5.32 Å². The lowest BCUT2D eigenvalue weighted by Gasteiger charge is -2.25. The summed E-state index contributed by atoms with van der Waals surface area (Å²) in [6, 6.07) is 0. The number of carbonyl (C=O) groups is 3. The Labute approximate surface area is 106 Å². The molecule has 0 unspecified atom stereocenters. The molecule has 18 heavy (non-hydrogen) atoms. The van der Waals surface area contributed by atoms with Crippen LogP contribution >= 0.6 is 0 Å². The van der Waals surface area contributed by atoms with Crippen LogP contribution in [0.15, 0.2) is 12.2 Å². The van der Waals surface area contributed by atoms with Crippen LogP contribution in [0.1, 0.15) is 26.7 Å². The maximum Gasteiger partial charge on any atom is 0.253 e. The lowest BCUT2D eigenvalue weighted by molar-refractivity contribution is -0.137. The number of aliphatic hydroxyl groups is 1. The zero-order valence-electron chi connectivity index (χ0n) is 10.6. The molecule has 0 aliphatic carbocycles. The van der Waals surface area contributed by atoms with Gasteiger partial charge in [-0.1, -0.05) is 0 Å². The van der Waals surface area contributed by atoms with Gasteiger partial charge in [-0.05, 0) is 20.3 Å². The molecule has 6 nitrogen and oxygen atoms in total. The van der Waals surface area contributed by atoms with Crippen LogP contribution in [-0.2, 0) is 14.4 Å². The van der Waals surface area contributed by atoms with Crippen molar-refractivity contribution in [3.05, 3.63) is 12.2 Å². The van der Waals surface area contributed by atoms with Crippen molar-refractivity contribution >= 4 is 17.7 Å². The Morgan fingerprint density at radius 3 is 2.39 bits per heavy atom. The normalized spacial score (nSPS) is 15.4. The molecule has 0 saturated carbocycles. The molecule has 0 aromatic carbocycles. The average Bonchev–Trinajstić information content (AvgIpc) is 2.55. The van der Waals surface area contributed by atoms with Crippen LogP contribution in [0, 0.1) is 0 Å². The van der Waals surface area contributed by atoms with Crippen molar-refractivity contribution in [3.63, 3.8) is 0 Å². The van der Waals surface area contributed by atoms with E-state index in [-0.39, 0.29) is 37.3 Å². The lowest BCUT2D eigenvalue weighted by atomic mass is 10.0. The molecular formula is C12H18N2O4. The lowest BCUT2D eigenvalue weighted by Crippen LogP contribution is -2.45. The summed E-state index contributed by atoms with van der Waals surface area (Å²) in [4.78, 5) is 35.1. The molecule has 1 aliphatic rings. The Bertz CT molecular complexity index is 370. The van der Waals surface area contributed by atoms with Crippen LogP contribution in [0.3, 0.4) is 0 Å². The molecule has 0 radical (unpaired) electrons. The zero-order chi connectivity index (χ0) is 13.8. The number of carbonyl (C=O) groups excluding carboxylic acids is 3. The summed E-state index contributed by atoms with van der Waals surface area (Å²) in [6.07, 6.45) is 2.89. The van der Waals surface area contributed by atoms with E-state index >= 15 is 0 Å². The Balaban J connectivity index is 2.38. The van der Waals surface area contributed by atoms with Crippen LogP contribution in [0.25, 0.3) is 0 Å². The average molecular weight is 254 g/mol. The minimum absolute atomic E-state index is 0.0136. The molecule has 0 bridgehead atoms. The summed E-state index contributed by atoms with van der Waals surface area (Å²) in [7, 11) is 0. The quantitative estimate of drug-likeness (QED) is 0.630. The third kappa shape index (κ3) is 3.96. The Kier molecular flexibility index (Phi) is 4.61. The van der Waals surface area contributed by atoms with Crippen molar-refractivity contribution < 1.29 is 19.5 Å². The van der Waals surface area contributed by atoms with E-state index in [1.165, 1.54) is 12.2 Å². The van der Waals surface area contributed by atoms with E-state index in [4.69, 9.17) is 5.11 Å². The highest BCUT2D eigenvalue weighted by atomic mass is 16.3. The maximum atomic E-state index is 11.6. The van der Waals surface area contributed by atoms with Gasteiger partial charge in [0.25, 0.3) is 11.8 Å². The summed E-state index contributed by atoms with van der Waals surface area (Å²) >= 11 is 0. The first-order valence-electron chi connectivity index (χ1n) is 5.81. The molecule has 3 amide bonds. The molecule has 0 fully saturated rings. The highest BCUT2D eigenvalue weighted by molar-refractivity contribution is 6.13. The summed E-state index contributed by atoms with van der Waals surface area (Å²) in [5.41, 5.74) is -0.497. The highest BCUT2D eigenvalue weighted by Crippen LogP contribution is 2.08. The minimum atomic E-state index is -0.497. The molecule has 2 N–H and O–H groups in total. The molecule has 0 atom stereocenters. The van der Waals surface area contributed by atoms with Gasteiger partial charge >= 0.3 is 0 Å². The van der Waals surface area contributed by atoms with Gasteiger partial charge in [-0.25, -0.2) is 0 Å². The second kappa shape index (κ2) is 5.77. The number of nitrogens with zero attached hydrogens (tertiary/aromatic N) is 1. The van der Waals surface area contributed by atoms with Gasteiger partial charge in [-0.2, -0.15) is 0 Å². The first-order chi connectivity index (χ1) is 8.35. The van der Waals surface area contributed by atoms with E-state index in [1.807, 2.05) is 0 Å². The van der Waals surface area contributed by atoms with Gasteiger partial charge in [0.05, 0.1) is 0 Å². The molecular weight excluding hydrogens is 236 g/mol. The molecule has 0 spiro atoms. The van der Waals surface area contributed by atoms with Gasteiger partial charge in [0, 0.05) is 37.3 Å². The molecule has 100 valence electrons. The number of hydrogen-bond acceptors (Lipinski definition) is 4. The predicted octanol–water partition coefficient (Wildman–Crippen LogP) is -0.421. The number of hydrogen-bond donors (Lipinski definition) is 2. The molecule has 1 aliphatic heterocycles. The monoisotopic (exact) mass is 254 g/mol. The summed E-state index contributed by atoms with van der Waals surface area (Å²) < 4.78 is 0. The van der Waals surface area contributed by atoms with E-state index in [9.17, 15) is 14.4 Å². The Morgan fingerprint density at radius 1 is 1.33 bits per heavy atom. The van der Waals surface area contributed by atoms with E-state index in [2.05, 4.69) is 5.32 Å². The van der Waals surface area contributed by atoms with Gasteiger partial charge in [-0.3, -0.25) is 19.3 Å². The largest absolute Gasteiger partial charge is 0.396 e. The SMILES string of the molecule is CC(C)(CCO)NC(=O)CCN1C(=O)C=CC1=O. The Morgan fingerprint density at radius 2 is 1.89 bits per heavy atom. The Hall–Kier alpha value is -1.69. The fraction of sp³-hybridized carbons (Fsp3) is 0.583. The van der Waals surface area contributed by atoms with Crippen molar-refractivity contribution in [2.24, 2.45) is 0 Å². The van der Waals surface area contributed by atoms with Crippen molar-refractivity contribution in [1.29, 1.82) is 0 Å². The smallest absolute Gasteiger partial charge is 0.253 e. The molecule has 0 aromatic heterocycles. The third-order valence-electron chi connectivity index (χ3n) is 2.68. The van der Waals surface area contributed by atoms with Crippen molar-refractivity contribution in [1.82, 2.24) is 10.2 Å². The fourth-order valence-corrected chi connectivity index (χ4v) is 1.65. The second-order valence-corrected chi connectivity index (χ2v) is 4.82. The fourth-order valence-electron chi connectivity index (χ4n) is 1.65. The number of amides is 3. The van der Waals surface area contributed by atoms with Crippen molar-refractivity contribution in [2.45, 2.75) is 32.2 Å². The van der Waals surface area contributed by atoms with Gasteiger partial charge in [0.1, 0.15) is 0 Å². The molecule has 6 heteroatoms. The summed E-state index contributed by atoms with van der Waals surface area (Å²) in [6.45, 7) is 3.66. The van der Waals surface area contributed by atoms with E-state index in [0.29, 0.717) is 6.42 Å². The number of aliphatic hydroxyl groups excluding tert-OH is 1. The topological polar surface area (TPSA) is 86.7 Å².